The van der Waals surface area contributed by atoms with E-state index in [-0.39, 0.29) is 5.82 Å². The standard InChI is InChI=1S/C22H23FN2O2S/c1-16-7-8-17(15-22(16)24-20-13-11-19(23)12-14-20)9-10-18-5-3-4-6-21(18)25-28(2,26)27/h3-8,11-15,24-25H,9-10H2,1-2H3. The molecule has 3 aromatic rings. The molecule has 0 unspecified atom stereocenters. The van der Waals surface area contributed by atoms with E-state index in [2.05, 4.69) is 22.2 Å². The molecule has 0 atom stereocenters. The Morgan fingerprint density at radius 2 is 1.61 bits per heavy atom. The smallest absolute Gasteiger partial charge is 0.229 e. The first kappa shape index (κ1) is 19.9. The van der Waals surface area contributed by atoms with Crippen molar-refractivity contribution < 1.29 is 12.8 Å². The van der Waals surface area contributed by atoms with Crippen molar-refractivity contribution in [2.24, 2.45) is 0 Å². The van der Waals surface area contributed by atoms with Crippen LogP contribution in [0.5, 0.6) is 0 Å². The van der Waals surface area contributed by atoms with Gasteiger partial charge in [0.15, 0.2) is 0 Å². The Labute approximate surface area is 165 Å². The van der Waals surface area contributed by atoms with Gasteiger partial charge in [-0.25, -0.2) is 12.8 Å². The van der Waals surface area contributed by atoms with Crippen molar-refractivity contribution in [3.05, 3.63) is 89.2 Å². The van der Waals surface area contributed by atoms with E-state index in [1.54, 1.807) is 18.2 Å². The van der Waals surface area contributed by atoms with Crippen LogP contribution in [0.15, 0.2) is 66.7 Å². The Balaban J connectivity index is 1.74. The molecule has 28 heavy (non-hydrogen) atoms. The Morgan fingerprint density at radius 1 is 0.893 bits per heavy atom. The minimum Gasteiger partial charge on any atom is -0.355 e. The highest BCUT2D eigenvalue weighted by Crippen LogP contribution is 2.24. The number of para-hydroxylation sites is 1. The minimum atomic E-state index is -3.32. The van der Waals surface area contributed by atoms with Crippen LogP contribution in [0.1, 0.15) is 16.7 Å². The second-order valence-corrected chi connectivity index (χ2v) is 8.56. The molecule has 146 valence electrons. The maximum atomic E-state index is 13.1. The summed E-state index contributed by atoms with van der Waals surface area (Å²) in [4.78, 5) is 0. The molecule has 0 aliphatic carbocycles. The first-order valence-electron chi connectivity index (χ1n) is 8.98. The predicted molar refractivity (Wildman–Crippen MR) is 113 cm³/mol. The molecule has 0 bridgehead atoms. The number of sulfonamides is 1. The van der Waals surface area contributed by atoms with Gasteiger partial charge in [-0.15, -0.1) is 0 Å². The van der Waals surface area contributed by atoms with Gasteiger partial charge in [0.25, 0.3) is 0 Å². The molecule has 0 amide bonds. The quantitative estimate of drug-likeness (QED) is 0.587. The largest absolute Gasteiger partial charge is 0.355 e. The summed E-state index contributed by atoms with van der Waals surface area (Å²) in [6.45, 7) is 2.01. The lowest BCUT2D eigenvalue weighted by Crippen LogP contribution is -2.11. The molecule has 0 heterocycles. The lowest BCUT2D eigenvalue weighted by Gasteiger charge is -2.13. The molecular formula is C22H23FN2O2S. The third kappa shape index (κ3) is 5.57. The average molecular weight is 399 g/mol. The molecule has 0 saturated heterocycles. The van der Waals surface area contributed by atoms with Crippen molar-refractivity contribution in [3.63, 3.8) is 0 Å². The summed E-state index contributed by atoms with van der Waals surface area (Å²) in [6, 6.07) is 19.9. The van der Waals surface area contributed by atoms with Gasteiger partial charge in [0.05, 0.1) is 11.9 Å². The number of hydrogen-bond acceptors (Lipinski definition) is 3. The summed E-state index contributed by atoms with van der Waals surface area (Å²) in [5.74, 6) is -0.266. The van der Waals surface area contributed by atoms with Crippen molar-refractivity contribution in [1.29, 1.82) is 0 Å². The summed E-state index contributed by atoms with van der Waals surface area (Å²) >= 11 is 0. The van der Waals surface area contributed by atoms with E-state index >= 15 is 0 Å². The van der Waals surface area contributed by atoms with E-state index < -0.39 is 10.0 Å². The molecule has 2 N–H and O–H groups in total. The van der Waals surface area contributed by atoms with Gasteiger partial charge in [0.2, 0.25) is 10.0 Å². The van der Waals surface area contributed by atoms with Gasteiger partial charge in [-0.3, -0.25) is 4.72 Å². The molecule has 3 rings (SSSR count). The van der Waals surface area contributed by atoms with Crippen LogP contribution in [0, 0.1) is 12.7 Å². The fraction of sp³-hybridized carbons (Fsp3) is 0.182. The van der Waals surface area contributed by atoms with Crippen molar-refractivity contribution in [2.75, 3.05) is 16.3 Å². The number of hydrogen-bond donors (Lipinski definition) is 2. The van der Waals surface area contributed by atoms with E-state index in [1.807, 2.05) is 31.2 Å². The number of rotatable bonds is 7. The summed E-state index contributed by atoms with van der Waals surface area (Å²) in [7, 11) is -3.32. The zero-order valence-corrected chi connectivity index (χ0v) is 16.7. The third-order valence-corrected chi connectivity index (χ3v) is 5.01. The van der Waals surface area contributed by atoms with Crippen molar-refractivity contribution >= 4 is 27.1 Å². The van der Waals surface area contributed by atoms with Gasteiger partial charge in [-0.2, -0.15) is 0 Å². The van der Waals surface area contributed by atoms with Gasteiger partial charge >= 0.3 is 0 Å². The number of halogens is 1. The van der Waals surface area contributed by atoms with Crippen LogP contribution in [-0.4, -0.2) is 14.7 Å². The highest BCUT2D eigenvalue weighted by atomic mass is 32.2. The predicted octanol–water partition coefficient (Wildman–Crippen LogP) is 5.03. The molecule has 0 aliphatic heterocycles. The summed E-state index contributed by atoms with van der Waals surface area (Å²) in [6.07, 6.45) is 2.62. The van der Waals surface area contributed by atoms with E-state index in [4.69, 9.17) is 0 Å². The zero-order valence-electron chi connectivity index (χ0n) is 15.9. The van der Waals surface area contributed by atoms with Gasteiger partial charge in [-0.1, -0.05) is 30.3 Å². The second kappa shape index (κ2) is 8.44. The summed E-state index contributed by atoms with van der Waals surface area (Å²) < 4.78 is 38.8. The first-order chi connectivity index (χ1) is 13.3. The zero-order chi connectivity index (χ0) is 20.1. The Kier molecular flexibility index (Phi) is 5.99. The van der Waals surface area contributed by atoms with Crippen LogP contribution in [0.2, 0.25) is 0 Å². The van der Waals surface area contributed by atoms with E-state index in [9.17, 15) is 12.8 Å². The molecule has 0 aliphatic rings. The highest BCUT2D eigenvalue weighted by Gasteiger charge is 2.08. The van der Waals surface area contributed by atoms with Gasteiger partial charge < -0.3 is 5.32 Å². The Hall–Kier alpha value is -2.86. The highest BCUT2D eigenvalue weighted by molar-refractivity contribution is 7.92. The van der Waals surface area contributed by atoms with Crippen molar-refractivity contribution in [3.8, 4) is 0 Å². The minimum absolute atomic E-state index is 0.266. The average Bonchev–Trinajstić information content (AvgIpc) is 2.64. The SMILES string of the molecule is Cc1ccc(CCc2ccccc2NS(C)(=O)=O)cc1Nc1ccc(F)cc1. The van der Waals surface area contributed by atoms with E-state index in [0.717, 1.165) is 40.7 Å². The Bertz CT molecular complexity index is 1060. The number of anilines is 3. The lowest BCUT2D eigenvalue weighted by molar-refractivity contribution is 0.606. The molecule has 4 nitrogen and oxygen atoms in total. The topological polar surface area (TPSA) is 58.2 Å². The maximum absolute atomic E-state index is 13.1. The number of benzene rings is 3. The maximum Gasteiger partial charge on any atom is 0.229 e. The normalized spacial score (nSPS) is 11.2. The number of aryl methyl sites for hydroxylation is 3. The molecule has 0 aromatic heterocycles. The van der Waals surface area contributed by atoms with Gasteiger partial charge in [-0.05, 0) is 72.9 Å². The first-order valence-corrected chi connectivity index (χ1v) is 10.9. The molecule has 0 radical (unpaired) electrons. The van der Waals surface area contributed by atoms with Gasteiger partial charge in [0.1, 0.15) is 5.82 Å². The molecule has 3 aromatic carbocycles. The number of nitrogens with one attached hydrogen (secondary N) is 2. The molecule has 0 fully saturated rings. The van der Waals surface area contributed by atoms with Crippen LogP contribution in [-0.2, 0) is 22.9 Å². The fourth-order valence-electron chi connectivity index (χ4n) is 2.96. The van der Waals surface area contributed by atoms with Crippen LogP contribution < -0.4 is 10.0 Å². The molecular weight excluding hydrogens is 375 g/mol. The summed E-state index contributed by atoms with van der Waals surface area (Å²) in [5, 5.41) is 3.32. The molecule has 0 spiro atoms. The van der Waals surface area contributed by atoms with Crippen LogP contribution >= 0.6 is 0 Å². The van der Waals surface area contributed by atoms with Gasteiger partial charge in [0, 0.05) is 11.4 Å². The van der Waals surface area contributed by atoms with Crippen molar-refractivity contribution in [1.82, 2.24) is 0 Å². The lowest BCUT2D eigenvalue weighted by atomic mass is 10.0. The third-order valence-electron chi connectivity index (χ3n) is 4.42. The monoisotopic (exact) mass is 398 g/mol. The second-order valence-electron chi connectivity index (χ2n) is 6.81. The van der Waals surface area contributed by atoms with Crippen LogP contribution in [0.4, 0.5) is 21.5 Å². The molecule has 0 saturated carbocycles. The Morgan fingerprint density at radius 3 is 2.32 bits per heavy atom. The van der Waals surface area contributed by atoms with Crippen molar-refractivity contribution in [2.45, 2.75) is 19.8 Å². The van der Waals surface area contributed by atoms with Crippen LogP contribution in [0.25, 0.3) is 0 Å². The van der Waals surface area contributed by atoms with E-state index in [1.165, 1.54) is 12.1 Å². The molecule has 6 heteroatoms. The fourth-order valence-corrected chi connectivity index (χ4v) is 3.56. The van der Waals surface area contributed by atoms with Crippen LogP contribution in [0.3, 0.4) is 0 Å². The summed E-state index contributed by atoms with van der Waals surface area (Å²) in [5.41, 5.74) is 5.57. The van der Waals surface area contributed by atoms with E-state index in [0.29, 0.717) is 12.1 Å².